The number of methoxy groups -OCH3 is 1. The van der Waals surface area contributed by atoms with Gasteiger partial charge < -0.3 is 19.3 Å². The van der Waals surface area contributed by atoms with Crippen molar-refractivity contribution in [2.24, 2.45) is 0 Å². The smallest absolute Gasteiger partial charge is 0.231 e. The second kappa shape index (κ2) is 6.59. The molecule has 5 heteroatoms. The fourth-order valence-electron chi connectivity index (χ4n) is 4.39. The van der Waals surface area contributed by atoms with Gasteiger partial charge in [0.1, 0.15) is 5.75 Å². The molecule has 1 saturated heterocycles. The van der Waals surface area contributed by atoms with E-state index in [9.17, 15) is 5.11 Å². The van der Waals surface area contributed by atoms with Crippen LogP contribution in [0.5, 0.6) is 17.2 Å². The molecule has 2 aliphatic rings. The maximum Gasteiger partial charge on any atom is 0.231 e. The third-order valence-corrected chi connectivity index (χ3v) is 5.82. The van der Waals surface area contributed by atoms with Gasteiger partial charge >= 0.3 is 0 Å². The summed E-state index contributed by atoms with van der Waals surface area (Å²) in [5.41, 5.74) is 1.26. The highest BCUT2D eigenvalue weighted by molar-refractivity contribution is 6.10. The third kappa shape index (κ3) is 2.78. The van der Waals surface area contributed by atoms with Crippen LogP contribution in [0, 0.1) is 0 Å². The van der Waals surface area contributed by atoms with Crippen LogP contribution in [0.15, 0.2) is 36.4 Å². The molecule has 5 nitrogen and oxygen atoms in total. The largest absolute Gasteiger partial charge is 0.497 e. The molecule has 5 rings (SSSR count). The molecule has 0 radical (unpaired) electrons. The first-order chi connectivity index (χ1) is 13.3. The molecule has 0 unspecified atom stereocenters. The molecule has 0 saturated carbocycles. The van der Waals surface area contributed by atoms with Crippen molar-refractivity contribution < 1.29 is 19.3 Å². The van der Waals surface area contributed by atoms with Gasteiger partial charge in [0.25, 0.3) is 0 Å². The molecule has 0 aliphatic carbocycles. The zero-order valence-electron chi connectivity index (χ0n) is 15.4. The lowest BCUT2D eigenvalue weighted by Crippen LogP contribution is -2.31. The van der Waals surface area contributed by atoms with Crippen molar-refractivity contribution in [1.82, 2.24) is 4.90 Å². The first-order valence-electron chi connectivity index (χ1n) is 9.44. The van der Waals surface area contributed by atoms with E-state index in [1.165, 1.54) is 10.9 Å². The highest BCUT2D eigenvalue weighted by atomic mass is 16.7. The summed E-state index contributed by atoms with van der Waals surface area (Å²) in [4.78, 5) is 2.39. The average Bonchev–Trinajstić information content (AvgIpc) is 3.34. The predicted octanol–water partition coefficient (Wildman–Crippen LogP) is 3.69. The van der Waals surface area contributed by atoms with E-state index < -0.39 is 0 Å². The highest BCUT2D eigenvalue weighted by Gasteiger charge is 2.25. The van der Waals surface area contributed by atoms with Crippen LogP contribution in [0.4, 0.5) is 0 Å². The lowest BCUT2D eigenvalue weighted by molar-refractivity contribution is 0.154. The van der Waals surface area contributed by atoms with Crippen LogP contribution in [0.3, 0.4) is 0 Å². The standard InChI is InChI=1S/C22H23NO4/c1-25-17-4-5-18-15(11-23-6-2-3-16(23)12-24)7-14-8-21-22(27-13-26-21)10-19(14)20(18)9-17/h4-5,7-10,16,24H,2-3,6,11-13H2,1H3/t16-/m0/s1. The Morgan fingerprint density at radius 3 is 2.74 bits per heavy atom. The number of hydrogen-bond acceptors (Lipinski definition) is 5. The molecule has 140 valence electrons. The van der Waals surface area contributed by atoms with Crippen LogP contribution < -0.4 is 14.2 Å². The van der Waals surface area contributed by atoms with Crippen LogP contribution in [0.25, 0.3) is 21.5 Å². The molecule has 1 fully saturated rings. The van der Waals surface area contributed by atoms with Gasteiger partial charge in [-0.15, -0.1) is 0 Å². The SMILES string of the molecule is COc1ccc2c(CN3CCC[C@H]3CO)cc3cc4c(cc3c2c1)OCO4. The first-order valence-corrected chi connectivity index (χ1v) is 9.44. The van der Waals surface area contributed by atoms with Crippen molar-refractivity contribution >= 4 is 21.5 Å². The van der Waals surface area contributed by atoms with Crippen molar-refractivity contribution in [2.45, 2.75) is 25.4 Å². The minimum atomic E-state index is 0.220. The summed E-state index contributed by atoms with van der Waals surface area (Å²) in [6, 6.07) is 12.9. The molecule has 3 aromatic rings. The van der Waals surface area contributed by atoms with Crippen molar-refractivity contribution in [3.63, 3.8) is 0 Å². The van der Waals surface area contributed by atoms with E-state index in [2.05, 4.69) is 35.2 Å². The van der Waals surface area contributed by atoms with Crippen LogP contribution in [-0.4, -0.2) is 43.1 Å². The molecule has 0 spiro atoms. The lowest BCUT2D eigenvalue weighted by Gasteiger charge is -2.24. The zero-order valence-corrected chi connectivity index (χ0v) is 15.4. The Kier molecular flexibility index (Phi) is 4.06. The quantitative estimate of drug-likeness (QED) is 0.715. The monoisotopic (exact) mass is 365 g/mol. The van der Waals surface area contributed by atoms with E-state index >= 15 is 0 Å². The second-order valence-electron chi connectivity index (χ2n) is 7.32. The molecule has 1 atom stereocenters. The normalized spacial score (nSPS) is 19.3. The second-order valence-corrected chi connectivity index (χ2v) is 7.32. The maximum atomic E-state index is 9.68. The number of nitrogens with zero attached hydrogens (tertiary/aromatic N) is 1. The Bertz CT molecular complexity index is 1020. The molecule has 27 heavy (non-hydrogen) atoms. The summed E-state index contributed by atoms with van der Waals surface area (Å²) in [5, 5.41) is 14.3. The van der Waals surface area contributed by atoms with Crippen LogP contribution in [0.1, 0.15) is 18.4 Å². The number of aliphatic hydroxyl groups excluding tert-OH is 1. The average molecular weight is 365 g/mol. The third-order valence-electron chi connectivity index (χ3n) is 5.82. The van der Waals surface area contributed by atoms with Crippen LogP contribution >= 0.6 is 0 Å². The van der Waals surface area contributed by atoms with Gasteiger partial charge in [0.2, 0.25) is 6.79 Å². The van der Waals surface area contributed by atoms with Gasteiger partial charge in [0.05, 0.1) is 13.7 Å². The summed E-state index contributed by atoms with van der Waals surface area (Å²) in [7, 11) is 1.69. The van der Waals surface area contributed by atoms with Gasteiger partial charge in [0, 0.05) is 12.6 Å². The van der Waals surface area contributed by atoms with Crippen LogP contribution in [-0.2, 0) is 6.54 Å². The van der Waals surface area contributed by atoms with E-state index in [1.54, 1.807) is 7.11 Å². The summed E-state index contributed by atoms with van der Waals surface area (Å²) < 4.78 is 16.6. The summed E-state index contributed by atoms with van der Waals surface area (Å²) >= 11 is 0. The molecular weight excluding hydrogens is 342 g/mol. The molecule has 2 heterocycles. The maximum absolute atomic E-state index is 9.68. The zero-order chi connectivity index (χ0) is 18.4. The number of ether oxygens (including phenoxy) is 3. The summed E-state index contributed by atoms with van der Waals surface area (Å²) in [5.74, 6) is 2.43. The van der Waals surface area contributed by atoms with Crippen molar-refractivity contribution in [3.05, 3.63) is 42.0 Å². The molecule has 1 N–H and O–H groups in total. The Hall–Kier alpha value is -2.50. The molecular formula is C22H23NO4. The van der Waals surface area contributed by atoms with E-state index in [-0.39, 0.29) is 19.4 Å². The van der Waals surface area contributed by atoms with Crippen LogP contribution in [0.2, 0.25) is 0 Å². The topological polar surface area (TPSA) is 51.2 Å². The predicted molar refractivity (Wildman–Crippen MR) is 105 cm³/mol. The number of fused-ring (bicyclic) bond motifs is 4. The van der Waals surface area contributed by atoms with E-state index in [0.717, 1.165) is 59.3 Å². The molecule has 0 bridgehead atoms. The molecule has 2 aliphatic heterocycles. The van der Waals surface area contributed by atoms with E-state index in [4.69, 9.17) is 14.2 Å². The Balaban J connectivity index is 1.70. The Morgan fingerprint density at radius 1 is 1.07 bits per heavy atom. The van der Waals surface area contributed by atoms with Crippen molar-refractivity contribution in [1.29, 1.82) is 0 Å². The number of aliphatic hydroxyl groups is 1. The number of rotatable bonds is 4. The molecule has 0 amide bonds. The summed E-state index contributed by atoms with van der Waals surface area (Å²) in [6.45, 7) is 2.35. The first kappa shape index (κ1) is 16.7. The van der Waals surface area contributed by atoms with Crippen molar-refractivity contribution in [3.8, 4) is 17.2 Å². The number of benzene rings is 3. The van der Waals surface area contributed by atoms with E-state index in [1.807, 2.05) is 6.07 Å². The Morgan fingerprint density at radius 2 is 1.93 bits per heavy atom. The summed E-state index contributed by atoms with van der Waals surface area (Å²) in [6.07, 6.45) is 2.21. The van der Waals surface area contributed by atoms with Gasteiger partial charge in [-0.2, -0.15) is 0 Å². The van der Waals surface area contributed by atoms with Gasteiger partial charge in [-0.25, -0.2) is 0 Å². The molecule has 0 aromatic heterocycles. The van der Waals surface area contributed by atoms with E-state index in [0.29, 0.717) is 0 Å². The minimum absolute atomic E-state index is 0.220. The van der Waals surface area contributed by atoms with Crippen molar-refractivity contribution in [2.75, 3.05) is 27.1 Å². The fourth-order valence-corrected chi connectivity index (χ4v) is 4.39. The lowest BCUT2D eigenvalue weighted by atomic mass is 9.96. The fraction of sp³-hybridized carbons (Fsp3) is 0.364. The number of likely N-dealkylation sites (tertiary alicyclic amines) is 1. The highest BCUT2D eigenvalue weighted by Crippen LogP contribution is 2.41. The van der Waals surface area contributed by atoms with Gasteiger partial charge in [-0.05, 0) is 76.8 Å². The minimum Gasteiger partial charge on any atom is -0.497 e. The number of hydrogen-bond donors (Lipinski definition) is 1. The van der Waals surface area contributed by atoms with Gasteiger partial charge in [-0.1, -0.05) is 6.07 Å². The van der Waals surface area contributed by atoms with Gasteiger partial charge in [-0.3, -0.25) is 4.90 Å². The van der Waals surface area contributed by atoms with Gasteiger partial charge in [0.15, 0.2) is 11.5 Å². The Labute approximate surface area is 158 Å². The molecule has 3 aromatic carbocycles.